The largest absolute Gasteiger partial charge is 0.388 e. The summed E-state index contributed by atoms with van der Waals surface area (Å²) in [7, 11) is 0. The van der Waals surface area contributed by atoms with E-state index in [9.17, 15) is 5.11 Å². The predicted octanol–water partition coefficient (Wildman–Crippen LogP) is 2.05. The van der Waals surface area contributed by atoms with Gasteiger partial charge < -0.3 is 5.11 Å². The van der Waals surface area contributed by atoms with Gasteiger partial charge in [-0.1, -0.05) is 19.8 Å². The first-order valence-electron chi connectivity index (χ1n) is 3.96. The highest BCUT2D eigenvalue weighted by atomic mass is 16.3. The lowest BCUT2D eigenvalue weighted by molar-refractivity contribution is -0.0595. The van der Waals surface area contributed by atoms with Gasteiger partial charge in [-0.05, 0) is 26.7 Å². The molecule has 0 amide bonds. The first kappa shape index (κ1) is 10.5. The van der Waals surface area contributed by atoms with E-state index in [4.69, 9.17) is 6.42 Å². The van der Waals surface area contributed by atoms with E-state index >= 15 is 0 Å². The van der Waals surface area contributed by atoms with Crippen LogP contribution in [0.4, 0.5) is 0 Å². The lowest BCUT2D eigenvalue weighted by Gasteiger charge is -2.39. The van der Waals surface area contributed by atoms with Crippen LogP contribution >= 0.6 is 0 Å². The van der Waals surface area contributed by atoms with Gasteiger partial charge >= 0.3 is 0 Å². The number of terminal acetylenes is 1. The number of aliphatic hydroxyl groups is 1. The lowest BCUT2D eigenvalue weighted by atomic mass is 9.70. The first-order valence-corrected chi connectivity index (χ1v) is 3.96. The molecule has 0 aliphatic rings. The van der Waals surface area contributed by atoms with Crippen LogP contribution in [0.5, 0.6) is 0 Å². The molecule has 0 saturated heterocycles. The summed E-state index contributed by atoms with van der Waals surface area (Å²) >= 11 is 0. The molecule has 11 heavy (non-hydrogen) atoms. The van der Waals surface area contributed by atoms with Gasteiger partial charge in [0.2, 0.25) is 0 Å². The molecular formula is C10H18O. The molecule has 0 heterocycles. The second-order valence-electron chi connectivity index (χ2n) is 4.07. The summed E-state index contributed by atoms with van der Waals surface area (Å²) in [6.45, 7) is 9.50. The molecule has 64 valence electrons. The van der Waals surface area contributed by atoms with Crippen LogP contribution in [0.3, 0.4) is 0 Å². The van der Waals surface area contributed by atoms with Crippen molar-refractivity contribution < 1.29 is 5.11 Å². The second kappa shape index (κ2) is 2.87. The van der Waals surface area contributed by atoms with Crippen molar-refractivity contribution in [1.82, 2.24) is 0 Å². The Morgan fingerprint density at radius 2 is 1.64 bits per heavy atom. The zero-order chi connectivity index (χ0) is 9.28. The van der Waals surface area contributed by atoms with E-state index in [0.717, 1.165) is 0 Å². The molecular weight excluding hydrogens is 136 g/mol. The molecule has 0 aromatic heterocycles. The Morgan fingerprint density at radius 1 is 1.27 bits per heavy atom. The van der Waals surface area contributed by atoms with Gasteiger partial charge in [-0.25, -0.2) is 0 Å². The standard InChI is InChI=1S/C10H18O/c1-7-9(4,5)10(6,11)8(2)3/h1,8,11H,2-6H3. The van der Waals surface area contributed by atoms with Crippen LogP contribution in [0.25, 0.3) is 0 Å². The third kappa shape index (κ3) is 1.75. The Kier molecular flexibility index (Phi) is 2.74. The van der Waals surface area contributed by atoms with Gasteiger partial charge in [-0.15, -0.1) is 6.42 Å². The molecule has 1 heteroatoms. The quantitative estimate of drug-likeness (QED) is 0.603. The summed E-state index contributed by atoms with van der Waals surface area (Å²) in [4.78, 5) is 0. The maximum Gasteiger partial charge on any atom is 0.0801 e. The van der Waals surface area contributed by atoms with Crippen LogP contribution in [0.15, 0.2) is 0 Å². The molecule has 1 nitrogen and oxygen atoms in total. The van der Waals surface area contributed by atoms with E-state index in [1.165, 1.54) is 0 Å². The van der Waals surface area contributed by atoms with E-state index in [1.54, 1.807) is 6.92 Å². The van der Waals surface area contributed by atoms with E-state index in [2.05, 4.69) is 5.92 Å². The van der Waals surface area contributed by atoms with Gasteiger partial charge in [0.05, 0.1) is 11.0 Å². The molecule has 0 fully saturated rings. The van der Waals surface area contributed by atoms with Gasteiger partial charge in [0.1, 0.15) is 0 Å². The fourth-order valence-electron chi connectivity index (χ4n) is 0.868. The summed E-state index contributed by atoms with van der Waals surface area (Å²) in [5.74, 6) is 2.79. The monoisotopic (exact) mass is 154 g/mol. The van der Waals surface area contributed by atoms with Crippen LogP contribution in [-0.2, 0) is 0 Å². The molecule has 0 bridgehead atoms. The van der Waals surface area contributed by atoms with Crippen molar-refractivity contribution in [3.8, 4) is 12.3 Å². The average Bonchev–Trinajstić information content (AvgIpc) is 1.87. The summed E-state index contributed by atoms with van der Waals surface area (Å²) in [6.07, 6.45) is 5.32. The maximum atomic E-state index is 9.98. The Morgan fingerprint density at radius 3 is 1.73 bits per heavy atom. The second-order valence-corrected chi connectivity index (χ2v) is 4.07. The molecule has 0 aliphatic carbocycles. The smallest absolute Gasteiger partial charge is 0.0801 e. The van der Waals surface area contributed by atoms with Crippen LogP contribution in [-0.4, -0.2) is 10.7 Å². The van der Waals surface area contributed by atoms with Crippen molar-refractivity contribution >= 4 is 0 Å². The third-order valence-corrected chi connectivity index (χ3v) is 2.75. The van der Waals surface area contributed by atoms with E-state index < -0.39 is 11.0 Å². The average molecular weight is 154 g/mol. The minimum absolute atomic E-state index is 0.175. The minimum Gasteiger partial charge on any atom is -0.388 e. The topological polar surface area (TPSA) is 20.2 Å². The SMILES string of the molecule is C#CC(C)(C)C(C)(O)C(C)C. The normalized spacial score (nSPS) is 17.6. The zero-order valence-corrected chi connectivity index (χ0v) is 8.10. The van der Waals surface area contributed by atoms with Crippen molar-refractivity contribution in [3.63, 3.8) is 0 Å². The summed E-state index contributed by atoms with van der Waals surface area (Å²) in [5, 5.41) is 9.98. The number of hydrogen-bond acceptors (Lipinski definition) is 1. The summed E-state index contributed by atoms with van der Waals surface area (Å²) in [6, 6.07) is 0. The Bertz CT molecular complexity index is 170. The zero-order valence-electron chi connectivity index (χ0n) is 8.10. The number of rotatable bonds is 2. The minimum atomic E-state index is -0.790. The highest BCUT2D eigenvalue weighted by Crippen LogP contribution is 2.35. The molecule has 0 saturated carbocycles. The van der Waals surface area contributed by atoms with E-state index in [0.29, 0.717) is 0 Å². The lowest BCUT2D eigenvalue weighted by Crippen LogP contribution is -2.45. The fourth-order valence-corrected chi connectivity index (χ4v) is 0.868. The molecule has 0 aromatic rings. The van der Waals surface area contributed by atoms with Gasteiger partial charge in [0.25, 0.3) is 0 Å². The van der Waals surface area contributed by atoms with Gasteiger partial charge in [0.15, 0.2) is 0 Å². The van der Waals surface area contributed by atoms with Crippen molar-refractivity contribution in [2.75, 3.05) is 0 Å². The van der Waals surface area contributed by atoms with Crippen LogP contribution in [0.2, 0.25) is 0 Å². The van der Waals surface area contributed by atoms with Crippen LogP contribution < -0.4 is 0 Å². The van der Waals surface area contributed by atoms with Crippen molar-refractivity contribution in [1.29, 1.82) is 0 Å². The molecule has 0 aliphatic heterocycles. The van der Waals surface area contributed by atoms with Gasteiger partial charge in [0, 0.05) is 0 Å². The molecule has 1 atom stereocenters. The molecule has 1 unspecified atom stereocenters. The summed E-state index contributed by atoms with van der Waals surface area (Å²) in [5.41, 5.74) is -1.25. The van der Waals surface area contributed by atoms with Crippen molar-refractivity contribution in [3.05, 3.63) is 0 Å². The molecule has 0 spiro atoms. The maximum absolute atomic E-state index is 9.98. The third-order valence-electron chi connectivity index (χ3n) is 2.75. The molecule has 1 N–H and O–H groups in total. The number of hydrogen-bond donors (Lipinski definition) is 1. The van der Waals surface area contributed by atoms with E-state index in [1.807, 2.05) is 27.7 Å². The summed E-state index contributed by atoms with van der Waals surface area (Å²) < 4.78 is 0. The van der Waals surface area contributed by atoms with Crippen LogP contribution in [0.1, 0.15) is 34.6 Å². The van der Waals surface area contributed by atoms with Crippen molar-refractivity contribution in [2.45, 2.75) is 40.2 Å². The van der Waals surface area contributed by atoms with E-state index in [-0.39, 0.29) is 5.92 Å². The fraction of sp³-hybridized carbons (Fsp3) is 0.800. The molecule has 0 aromatic carbocycles. The predicted molar refractivity (Wildman–Crippen MR) is 48.1 cm³/mol. The Labute approximate surface area is 69.8 Å². The highest BCUT2D eigenvalue weighted by molar-refractivity contribution is 5.10. The Hall–Kier alpha value is -0.480. The van der Waals surface area contributed by atoms with Crippen molar-refractivity contribution in [2.24, 2.45) is 11.3 Å². The first-order chi connectivity index (χ1) is 4.75. The molecule has 0 rings (SSSR count). The van der Waals surface area contributed by atoms with Crippen LogP contribution in [0, 0.1) is 23.7 Å². The highest BCUT2D eigenvalue weighted by Gasteiger charge is 2.40. The molecule has 0 radical (unpaired) electrons. The van der Waals surface area contributed by atoms with Gasteiger partial charge in [-0.3, -0.25) is 0 Å². The van der Waals surface area contributed by atoms with Gasteiger partial charge in [-0.2, -0.15) is 0 Å². The Balaban J connectivity index is 4.71.